The van der Waals surface area contributed by atoms with Crippen LogP contribution in [0.2, 0.25) is 0 Å². The van der Waals surface area contributed by atoms with Crippen molar-refractivity contribution < 1.29 is 19.2 Å². The Morgan fingerprint density at radius 1 is 1.05 bits per heavy atom. The predicted octanol–water partition coefficient (Wildman–Crippen LogP) is 1.02. The maximum atomic E-state index is 12.8. The first-order valence-corrected chi connectivity index (χ1v) is 6.62. The van der Waals surface area contributed by atoms with E-state index in [1.807, 2.05) is 11.9 Å². The van der Waals surface area contributed by atoms with E-state index >= 15 is 0 Å². The van der Waals surface area contributed by atoms with Crippen LogP contribution in [0.25, 0.3) is 0 Å². The van der Waals surface area contributed by atoms with Crippen LogP contribution in [-0.2, 0) is 0 Å². The van der Waals surface area contributed by atoms with Crippen LogP contribution in [0.3, 0.4) is 0 Å². The highest BCUT2D eigenvalue weighted by molar-refractivity contribution is 6.58. The van der Waals surface area contributed by atoms with Crippen LogP contribution in [0.5, 0.6) is 5.75 Å². The molecule has 6 heteroatoms. The number of halogens is 1. The van der Waals surface area contributed by atoms with Gasteiger partial charge in [0.15, 0.2) is 0 Å². The minimum Gasteiger partial charge on any atom is -0.492 e. The molecule has 0 unspecified atom stereocenters. The van der Waals surface area contributed by atoms with Gasteiger partial charge in [0.05, 0.1) is 6.54 Å². The second-order valence-electron chi connectivity index (χ2n) is 4.69. The van der Waals surface area contributed by atoms with E-state index < -0.39 is 7.12 Å². The molecule has 0 heterocycles. The molecule has 2 aromatic carbocycles. The van der Waals surface area contributed by atoms with Crippen molar-refractivity contribution in [2.45, 2.75) is 0 Å². The van der Waals surface area contributed by atoms with Crippen molar-refractivity contribution in [3.05, 3.63) is 54.3 Å². The maximum Gasteiger partial charge on any atom is 0.488 e. The van der Waals surface area contributed by atoms with E-state index in [4.69, 9.17) is 14.8 Å². The van der Waals surface area contributed by atoms with Gasteiger partial charge in [-0.25, -0.2) is 4.39 Å². The molecule has 0 radical (unpaired) electrons. The van der Waals surface area contributed by atoms with Gasteiger partial charge in [-0.3, -0.25) is 0 Å². The standard InChI is InChI=1S/C15H17BFNO3/c1-18(14-6-4-13(17)5-7-14)10-11-21-15-8-2-12(3-9-15)16(19)20/h2-9,19-20H,10-11H2,1H3. The first kappa shape index (κ1) is 15.3. The lowest BCUT2D eigenvalue weighted by atomic mass is 9.80. The molecule has 110 valence electrons. The Hall–Kier alpha value is -2.05. The average molecular weight is 289 g/mol. The molecule has 4 nitrogen and oxygen atoms in total. The molecule has 0 bridgehead atoms. The smallest absolute Gasteiger partial charge is 0.488 e. The lowest BCUT2D eigenvalue weighted by molar-refractivity contribution is 0.326. The highest BCUT2D eigenvalue weighted by atomic mass is 19.1. The third kappa shape index (κ3) is 4.48. The summed E-state index contributed by atoms with van der Waals surface area (Å²) in [5, 5.41) is 18.0. The van der Waals surface area contributed by atoms with Gasteiger partial charge in [-0.2, -0.15) is 0 Å². The van der Waals surface area contributed by atoms with E-state index in [1.165, 1.54) is 12.1 Å². The van der Waals surface area contributed by atoms with Crippen LogP contribution in [0.1, 0.15) is 0 Å². The van der Waals surface area contributed by atoms with Crippen LogP contribution >= 0.6 is 0 Å². The minimum atomic E-state index is -1.47. The van der Waals surface area contributed by atoms with E-state index in [-0.39, 0.29) is 5.82 Å². The van der Waals surface area contributed by atoms with Gasteiger partial charge in [0.2, 0.25) is 0 Å². The molecule has 21 heavy (non-hydrogen) atoms. The Kier molecular flexibility index (Phi) is 5.19. The lowest BCUT2D eigenvalue weighted by Crippen LogP contribution is -2.29. The number of likely N-dealkylation sites (N-methyl/N-ethyl adjacent to an activating group) is 1. The largest absolute Gasteiger partial charge is 0.492 e. The fourth-order valence-corrected chi connectivity index (χ4v) is 1.86. The third-order valence-corrected chi connectivity index (χ3v) is 3.14. The number of anilines is 1. The molecule has 0 saturated carbocycles. The Morgan fingerprint density at radius 2 is 1.67 bits per heavy atom. The zero-order valence-electron chi connectivity index (χ0n) is 11.7. The summed E-state index contributed by atoms with van der Waals surface area (Å²) in [5.74, 6) is 0.404. The molecule has 0 aliphatic rings. The molecule has 2 aromatic rings. The van der Waals surface area contributed by atoms with Crippen molar-refractivity contribution in [3.8, 4) is 5.75 Å². The van der Waals surface area contributed by atoms with Crippen molar-refractivity contribution in [1.29, 1.82) is 0 Å². The van der Waals surface area contributed by atoms with E-state index in [0.717, 1.165) is 5.69 Å². The summed E-state index contributed by atoms with van der Waals surface area (Å²) >= 11 is 0. The maximum absolute atomic E-state index is 12.8. The summed E-state index contributed by atoms with van der Waals surface area (Å²) in [6.45, 7) is 1.12. The van der Waals surface area contributed by atoms with E-state index in [0.29, 0.717) is 24.4 Å². The molecule has 0 aromatic heterocycles. The number of hydrogen-bond donors (Lipinski definition) is 2. The first-order valence-electron chi connectivity index (χ1n) is 6.62. The van der Waals surface area contributed by atoms with Crippen LogP contribution in [-0.4, -0.2) is 37.4 Å². The molecule has 2 N–H and O–H groups in total. The topological polar surface area (TPSA) is 52.9 Å². The van der Waals surface area contributed by atoms with E-state index in [2.05, 4.69) is 0 Å². The van der Waals surface area contributed by atoms with Gasteiger partial charge in [0.25, 0.3) is 0 Å². The zero-order chi connectivity index (χ0) is 15.2. The SMILES string of the molecule is CN(CCOc1ccc(B(O)O)cc1)c1ccc(F)cc1. The van der Waals surface area contributed by atoms with Gasteiger partial charge in [-0.05, 0) is 41.9 Å². The minimum absolute atomic E-state index is 0.255. The van der Waals surface area contributed by atoms with Crippen molar-refractivity contribution >= 4 is 18.3 Å². The van der Waals surface area contributed by atoms with Crippen LogP contribution in [0.4, 0.5) is 10.1 Å². The third-order valence-electron chi connectivity index (χ3n) is 3.14. The number of benzene rings is 2. The Bertz CT molecular complexity index is 560. The van der Waals surface area contributed by atoms with E-state index in [9.17, 15) is 4.39 Å². The Balaban J connectivity index is 1.82. The molecule has 0 amide bonds. The highest BCUT2D eigenvalue weighted by Gasteiger charge is 2.09. The zero-order valence-corrected chi connectivity index (χ0v) is 11.7. The van der Waals surface area contributed by atoms with Crippen LogP contribution in [0.15, 0.2) is 48.5 Å². The summed E-state index contributed by atoms with van der Waals surface area (Å²) in [4.78, 5) is 1.96. The molecule has 2 rings (SSSR count). The first-order chi connectivity index (χ1) is 10.1. The Labute approximate surface area is 123 Å². The highest BCUT2D eigenvalue weighted by Crippen LogP contribution is 2.13. The average Bonchev–Trinajstić information content (AvgIpc) is 2.48. The summed E-state index contributed by atoms with van der Waals surface area (Å²) < 4.78 is 18.4. The molecule has 0 fully saturated rings. The summed E-state index contributed by atoms with van der Waals surface area (Å²) in [7, 11) is 0.436. The molecule has 0 atom stereocenters. The molecule has 0 aliphatic carbocycles. The van der Waals surface area contributed by atoms with Crippen LogP contribution < -0.4 is 15.1 Å². The van der Waals surface area contributed by atoms with Gasteiger partial charge in [-0.15, -0.1) is 0 Å². The molecule has 0 spiro atoms. The number of rotatable bonds is 6. The quantitative estimate of drug-likeness (QED) is 0.780. The number of nitrogens with zero attached hydrogens (tertiary/aromatic N) is 1. The van der Waals surface area contributed by atoms with Crippen molar-refractivity contribution in [2.75, 3.05) is 25.1 Å². The fraction of sp³-hybridized carbons (Fsp3) is 0.200. The predicted molar refractivity (Wildman–Crippen MR) is 81.4 cm³/mol. The lowest BCUT2D eigenvalue weighted by Gasteiger charge is -2.19. The van der Waals surface area contributed by atoms with Crippen LogP contribution in [0, 0.1) is 5.82 Å². The number of ether oxygens (including phenoxy) is 1. The van der Waals surface area contributed by atoms with Gasteiger partial charge >= 0.3 is 7.12 Å². The summed E-state index contributed by atoms with van der Waals surface area (Å²) in [6.07, 6.45) is 0. The second kappa shape index (κ2) is 7.10. The normalized spacial score (nSPS) is 10.3. The Morgan fingerprint density at radius 3 is 2.24 bits per heavy atom. The van der Waals surface area contributed by atoms with Gasteiger partial charge in [0, 0.05) is 12.7 Å². The molecular weight excluding hydrogens is 272 g/mol. The fourth-order valence-electron chi connectivity index (χ4n) is 1.86. The van der Waals surface area contributed by atoms with E-state index in [1.54, 1.807) is 36.4 Å². The monoisotopic (exact) mass is 289 g/mol. The van der Waals surface area contributed by atoms with Gasteiger partial charge < -0.3 is 19.7 Å². The second-order valence-corrected chi connectivity index (χ2v) is 4.69. The summed E-state index contributed by atoms with van der Waals surface area (Å²) in [6, 6.07) is 12.9. The summed E-state index contributed by atoms with van der Waals surface area (Å²) in [5.41, 5.74) is 1.34. The van der Waals surface area contributed by atoms with Crippen molar-refractivity contribution in [1.82, 2.24) is 0 Å². The van der Waals surface area contributed by atoms with Gasteiger partial charge in [0.1, 0.15) is 18.2 Å². The molecule has 0 saturated heterocycles. The molecule has 0 aliphatic heterocycles. The van der Waals surface area contributed by atoms with Crippen molar-refractivity contribution in [3.63, 3.8) is 0 Å². The van der Waals surface area contributed by atoms with Crippen molar-refractivity contribution in [2.24, 2.45) is 0 Å². The molecular formula is C15H17BFNO3. The van der Waals surface area contributed by atoms with Gasteiger partial charge in [-0.1, -0.05) is 12.1 Å². The number of hydrogen-bond acceptors (Lipinski definition) is 4.